The van der Waals surface area contributed by atoms with Gasteiger partial charge in [-0.25, -0.2) is 0 Å². The first-order chi connectivity index (χ1) is 10.8. The van der Waals surface area contributed by atoms with E-state index in [1.807, 2.05) is 0 Å². The molecule has 1 rings (SSSR count). The van der Waals surface area contributed by atoms with Crippen LogP contribution in [0.25, 0.3) is 0 Å². The molecule has 0 fully saturated rings. The quantitative estimate of drug-likeness (QED) is 0.343. The largest absolute Gasteiger partial charge is 0.492 e. The predicted octanol–water partition coefficient (Wildman–Crippen LogP) is 4.84. The van der Waals surface area contributed by atoms with E-state index >= 15 is 0 Å². The zero-order valence-corrected chi connectivity index (χ0v) is 14.4. The highest BCUT2D eigenvalue weighted by molar-refractivity contribution is 6.44. The van der Waals surface area contributed by atoms with Crippen LogP contribution in [0.5, 0.6) is 11.5 Å². The molecule has 0 atom stereocenters. The van der Waals surface area contributed by atoms with Gasteiger partial charge in [-0.2, -0.15) is 8.78 Å². The molecule has 0 aliphatic rings. The molecule has 0 N–H and O–H groups in total. The first kappa shape index (κ1) is 20.1. The molecule has 0 saturated carbocycles. The fraction of sp³-hybridized carbons (Fsp3) is 0.500. The molecule has 0 heterocycles. The maximum Gasteiger partial charge on any atom is 0.428 e. The van der Waals surface area contributed by atoms with E-state index in [4.69, 9.17) is 44.3 Å². The van der Waals surface area contributed by atoms with Gasteiger partial charge in [0.2, 0.25) is 4.84 Å². The molecule has 0 spiro atoms. The molecule has 130 valence electrons. The van der Waals surface area contributed by atoms with Gasteiger partial charge in [0.15, 0.2) is 0 Å². The monoisotopic (exact) mass is 390 g/mol. The lowest BCUT2D eigenvalue weighted by Crippen LogP contribution is -2.32. The first-order valence-electron chi connectivity index (χ1n) is 6.69. The number of rotatable bonds is 9. The second-order valence-electron chi connectivity index (χ2n) is 4.31. The molecule has 0 saturated heterocycles. The van der Waals surface area contributed by atoms with Crippen molar-refractivity contribution in [1.82, 2.24) is 0 Å². The molecule has 0 radical (unpaired) electrons. The molecule has 4 nitrogen and oxygen atoms in total. The van der Waals surface area contributed by atoms with E-state index in [2.05, 4.69) is 4.74 Å². The summed E-state index contributed by atoms with van der Waals surface area (Å²) >= 11 is 16.2. The average Bonchev–Trinajstić information content (AvgIpc) is 2.46. The Balaban J connectivity index is 2.59. The number of carbonyl (C=O) groups excluding carboxylic acids is 1. The van der Waals surface area contributed by atoms with E-state index in [0.717, 1.165) is 0 Å². The summed E-state index contributed by atoms with van der Waals surface area (Å²) in [7, 11) is 0. The van der Waals surface area contributed by atoms with Crippen LogP contribution in [-0.2, 0) is 9.53 Å². The maximum atomic E-state index is 13.3. The first-order valence-corrected chi connectivity index (χ1v) is 7.94. The third-order valence-electron chi connectivity index (χ3n) is 2.50. The topological polar surface area (TPSA) is 44.8 Å². The smallest absolute Gasteiger partial charge is 0.428 e. The van der Waals surface area contributed by atoms with Crippen LogP contribution in [0.1, 0.15) is 19.8 Å². The third kappa shape index (κ3) is 6.97. The van der Waals surface area contributed by atoms with Gasteiger partial charge < -0.3 is 14.2 Å². The van der Waals surface area contributed by atoms with Gasteiger partial charge in [-0.05, 0) is 25.5 Å². The molecule has 0 unspecified atom stereocenters. The maximum absolute atomic E-state index is 13.3. The van der Waals surface area contributed by atoms with Crippen LogP contribution >= 0.6 is 34.8 Å². The summed E-state index contributed by atoms with van der Waals surface area (Å²) in [6.45, 7) is 2.18. The Kier molecular flexibility index (Phi) is 8.16. The Hall–Kier alpha value is -0.980. The molecule has 0 aliphatic heterocycles. The molecule has 1 aromatic carbocycles. The van der Waals surface area contributed by atoms with E-state index in [-0.39, 0.29) is 35.5 Å². The van der Waals surface area contributed by atoms with Crippen molar-refractivity contribution >= 4 is 40.8 Å². The second kappa shape index (κ2) is 9.35. The van der Waals surface area contributed by atoms with Crippen molar-refractivity contribution in [3.63, 3.8) is 0 Å². The van der Waals surface area contributed by atoms with Crippen LogP contribution in [0, 0.1) is 0 Å². The normalized spacial score (nSPS) is 11.4. The predicted molar refractivity (Wildman–Crippen MR) is 83.9 cm³/mol. The minimum absolute atomic E-state index is 0.143. The summed E-state index contributed by atoms with van der Waals surface area (Å²) < 4.78 is 41.2. The van der Waals surface area contributed by atoms with Crippen LogP contribution in [0.15, 0.2) is 18.2 Å². The summed E-state index contributed by atoms with van der Waals surface area (Å²) in [6.07, 6.45) is -3.18. The highest BCUT2D eigenvalue weighted by Crippen LogP contribution is 2.34. The minimum Gasteiger partial charge on any atom is -0.492 e. The van der Waals surface area contributed by atoms with Gasteiger partial charge >= 0.3 is 12.1 Å². The zero-order valence-electron chi connectivity index (χ0n) is 12.2. The Bertz CT molecular complexity index is 527. The lowest BCUT2D eigenvalue weighted by Gasteiger charge is -2.19. The van der Waals surface area contributed by atoms with E-state index in [1.165, 1.54) is 18.2 Å². The Morgan fingerprint density at radius 1 is 1.35 bits per heavy atom. The Morgan fingerprint density at radius 2 is 2.04 bits per heavy atom. The van der Waals surface area contributed by atoms with Gasteiger partial charge in [-0.15, -0.1) is 0 Å². The average molecular weight is 392 g/mol. The number of alkyl halides is 4. The van der Waals surface area contributed by atoms with Crippen LogP contribution < -0.4 is 9.47 Å². The van der Waals surface area contributed by atoms with Crippen LogP contribution in [0.4, 0.5) is 8.78 Å². The van der Waals surface area contributed by atoms with Crippen molar-refractivity contribution in [3.8, 4) is 11.5 Å². The van der Waals surface area contributed by atoms with Crippen molar-refractivity contribution in [2.24, 2.45) is 0 Å². The van der Waals surface area contributed by atoms with Crippen molar-refractivity contribution in [3.05, 3.63) is 23.2 Å². The Labute approximate surface area is 147 Å². The summed E-state index contributed by atoms with van der Waals surface area (Å²) in [6, 6.07) is 3.76. The molecule has 23 heavy (non-hydrogen) atoms. The highest BCUT2D eigenvalue weighted by atomic mass is 35.5. The van der Waals surface area contributed by atoms with Gasteiger partial charge in [0.25, 0.3) is 0 Å². The molecule has 0 amide bonds. The molecule has 9 heteroatoms. The SMILES string of the molecule is CCOC(=O)CCCOc1cc(OC(F)(F)C(Cl)Cl)ccc1Cl. The lowest BCUT2D eigenvalue weighted by atomic mass is 10.3. The van der Waals surface area contributed by atoms with Crippen molar-refractivity contribution in [2.75, 3.05) is 13.2 Å². The molecule has 0 aromatic heterocycles. The molecule has 0 aliphatic carbocycles. The molecule has 1 aromatic rings. The third-order valence-corrected chi connectivity index (χ3v) is 3.32. The lowest BCUT2D eigenvalue weighted by molar-refractivity contribution is -0.163. The Morgan fingerprint density at radius 3 is 2.65 bits per heavy atom. The highest BCUT2D eigenvalue weighted by Gasteiger charge is 2.40. The number of carbonyl (C=O) groups is 1. The van der Waals surface area contributed by atoms with Gasteiger partial charge in [0.05, 0.1) is 18.2 Å². The number of hydrogen-bond acceptors (Lipinski definition) is 4. The number of hydrogen-bond donors (Lipinski definition) is 0. The van der Waals surface area contributed by atoms with E-state index in [1.54, 1.807) is 6.92 Å². The second-order valence-corrected chi connectivity index (χ2v) is 5.82. The van der Waals surface area contributed by atoms with Crippen LogP contribution in [0.3, 0.4) is 0 Å². The van der Waals surface area contributed by atoms with E-state index < -0.39 is 10.9 Å². The van der Waals surface area contributed by atoms with Gasteiger partial charge in [0.1, 0.15) is 11.5 Å². The fourth-order valence-corrected chi connectivity index (χ4v) is 1.75. The van der Waals surface area contributed by atoms with Crippen molar-refractivity contribution < 1.29 is 27.8 Å². The molecular formula is C14H15Cl3F2O4. The van der Waals surface area contributed by atoms with Crippen molar-refractivity contribution in [1.29, 1.82) is 0 Å². The number of esters is 1. The summed E-state index contributed by atoms with van der Waals surface area (Å²) in [5.41, 5.74) is 0. The van der Waals surface area contributed by atoms with Gasteiger partial charge in [-0.3, -0.25) is 4.79 Å². The summed E-state index contributed by atoms with van der Waals surface area (Å²) in [5.74, 6) is -0.398. The molecule has 0 bridgehead atoms. The standard InChI is InChI=1S/C14H15Cl3F2O4/c1-2-21-12(20)4-3-7-22-11-8-9(5-6-10(11)15)23-14(18,19)13(16)17/h5-6,8,13H,2-4,7H2,1H3. The fourth-order valence-electron chi connectivity index (χ4n) is 1.49. The summed E-state index contributed by atoms with van der Waals surface area (Å²) in [4.78, 5) is 9.14. The van der Waals surface area contributed by atoms with Gasteiger partial charge in [-0.1, -0.05) is 34.8 Å². The van der Waals surface area contributed by atoms with Crippen LogP contribution in [-0.4, -0.2) is 30.1 Å². The zero-order chi connectivity index (χ0) is 17.5. The van der Waals surface area contributed by atoms with E-state index in [0.29, 0.717) is 13.0 Å². The summed E-state index contributed by atoms with van der Waals surface area (Å²) in [5, 5.41) is 0.213. The molecular weight excluding hydrogens is 377 g/mol. The van der Waals surface area contributed by atoms with Gasteiger partial charge in [0, 0.05) is 12.5 Å². The van der Waals surface area contributed by atoms with Crippen LogP contribution in [0.2, 0.25) is 5.02 Å². The number of ether oxygens (including phenoxy) is 3. The van der Waals surface area contributed by atoms with E-state index in [9.17, 15) is 13.6 Å². The minimum atomic E-state index is -3.75. The van der Waals surface area contributed by atoms with Crippen molar-refractivity contribution in [2.45, 2.75) is 30.7 Å². The number of benzene rings is 1. The number of halogens is 5.